The summed E-state index contributed by atoms with van der Waals surface area (Å²) in [5.74, 6) is 0. The Hall–Kier alpha value is -0.860. The Morgan fingerprint density at radius 2 is 1.73 bits per heavy atom. The van der Waals surface area contributed by atoms with Crippen molar-refractivity contribution >= 4 is 0 Å². The third-order valence-electron chi connectivity index (χ3n) is 3.12. The molecule has 0 unspecified atom stereocenters. The lowest BCUT2D eigenvalue weighted by Gasteiger charge is -2.18. The number of hydrogen-bond acceptors (Lipinski definition) is 2. The molecule has 0 amide bonds. The van der Waals surface area contributed by atoms with Crippen molar-refractivity contribution in [3.63, 3.8) is 0 Å². The predicted molar refractivity (Wildman–Crippen MR) is 62.2 cm³/mol. The predicted octanol–water partition coefficient (Wildman–Crippen LogP) is 1.73. The largest absolute Gasteiger partial charge is 0.383 e. The molecule has 0 spiro atoms. The van der Waals surface area contributed by atoms with Gasteiger partial charge in [-0.25, -0.2) is 0 Å². The lowest BCUT2D eigenvalue weighted by atomic mass is 10.0. The van der Waals surface area contributed by atoms with Crippen molar-refractivity contribution in [2.45, 2.75) is 12.8 Å². The fourth-order valence-electron chi connectivity index (χ4n) is 2.16. The maximum absolute atomic E-state index is 5.12. The number of hydrogen-bond donors (Lipinski definition) is 0. The van der Waals surface area contributed by atoms with Crippen LogP contribution in [0.4, 0.5) is 0 Å². The number of benzene rings is 1. The summed E-state index contributed by atoms with van der Waals surface area (Å²) in [5, 5.41) is 0. The summed E-state index contributed by atoms with van der Waals surface area (Å²) in [5.41, 5.74) is 3.05. The first-order valence-electron chi connectivity index (χ1n) is 5.68. The van der Waals surface area contributed by atoms with Crippen LogP contribution in [0.3, 0.4) is 0 Å². The molecule has 0 saturated heterocycles. The molecular weight excluding hydrogens is 186 g/mol. The summed E-state index contributed by atoms with van der Waals surface area (Å²) >= 11 is 0. The van der Waals surface area contributed by atoms with E-state index in [9.17, 15) is 0 Å². The molecular formula is C13H19NO. The number of methoxy groups -OCH3 is 1. The van der Waals surface area contributed by atoms with Crippen LogP contribution in [0.5, 0.6) is 0 Å². The highest BCUT2D eigenvalue weighted by Crippen LogP contribution is 2.15. The zero-order valence-electron chi connectivity index (χ0n) is 9.41. The van der Waals surface area contributed by atoms with Crippen molar-refractivity contribution in [2.24, 2.45) is 0 Å². The van der Waals surface area contributed by atoms with Crippen LogP contribution in [-0.4, -0.2) is 38.3 Å². The maximum Gasteiger partial charge on any atom is 0.0589 e. The minimum atomic E-state index is 0.844. The molecule has 1 heterocycles. The van der Waals surface area contributed by atoms with Crippen LogP contribution in [0.15, 0.2) is 24.3 Å². The Morgan fingerprint density at radius 1 is 1.13 bits per heavy atom. The molecule has 1 aromatic rings. The van der Waals surface area contributed by atoms with Crippen molar-refractivity contribution in [3.05, 3.63) is 35.4 Å². The van der Waals surface area contributed by atoms with Crippen molar-refractivity contribution in [2.75, 3.05) is 33.4 Å². The molecule has 2 rings (SSSR count). The first-order valence-corrected chi connectivity index (χ1v) is 5.68. The van der Waals surface area contributed by atoms with Crippen LogP contribution in [0.2, 0.25) is 0 Å². The number of fused-ring (bicyclic) bond motifs is 1. The summed E-state index contributed by atoms with van der Waals surface area (Å²) in [6, 6.07) is 8.80. The Bertz CT molecular complexity index is 284. The van der Waals surface area contributed by atoms with Crippen LogP contribution < -0.4 is 0 Å². The SMILES string of the molecule is COCCN1CCc2ccccc2CC1. The molecule has 0 N–H and O–H groups in total. The van der Waals surface area contributed by atoms with E-state index in [2.05, 4.69) is 29.2 Å². The normalized spacial score (nSPS) is 17.1. The fraction of sp³-hybridized carbons (Fsp3) is 0.538. The van der Waals surface area contributed by atoms with Gasteiger partial charge in [-0.1, -0.05) is 24.3 Å². The van der Waals surface area contributed by atoms with Crippen molar-refractivity contribution in [1.29, 1.82) is 0 Å². The van der Waals surface area contributed by atoms with E-state index in [0.717, 1.165) is 13.2 Å². The van der Waals surface area contributed by atoms with Crippen LogP contribution in [0.25, 0.3) is 0 Å². The van der Waals surface area contributed by atoms with E-state index in [1.54, 1.807) is 7.11 Å². The van der Waals surface area contributed by atoms with E-state index < -0.39 is 0 Å². The van der Waals surface area contributed by atoms with Crippen LogP contribution in [-0.2, 0) is 17.6 Å². The van der Waals surface area contributed by atoms with E-state index in [0.29, 0.717) is 0 Å². The fourth-order valence-corrected chi connectivity index (χ4v) is 2.16. The second kappa shape index (κ2) is 5.29. The topological polar surface area (TPSA) is 12.5 Å². The highest BCUT2D eigenvalue weighted by atomic mass is 16.5. The highest BCUT2D eigenvalue weighted by molar-refractivity contribution is 5.28. The third kappa shape index (κ3) is 2.80. The summed E-state index contributed by atoms with van der Waals surface area (Å²) < 4.78 is 5.12. The Balaban J connectivity index is 1.96. The molecule has 0 fully saturated rings. The van der Waals surface area contributed by atoms with E-state index in [1.165, 1.54) is 37.1 Å². The van der Waals surface area contributed by atoms with E-state index >= 15 is 0 Å². The molecule has 2 heteroatoms. The molecule has 0 aromatic heterocycles. The first-order chi connectivity index (χ1) is 7.40. The molecule has 2 nitrogen and oxygen atoms in total. The molecule has 1 aromatic carbocycles. The van der Waals surface area contributed by atoms with Gasteiger partial charge >= 0.3 is 0 Å². The Labute approximate surface area is 91.9 Å². The van der Waals surface area contributed by atoms with Crippen molar-refractivity contribution in [1.82, 2.24) is 4.90 Å². The van der Waals surface area contributed by atoms with Gasteiger partial charge in [0.2, 0.25) is 0 Å². The summed E-state index contributed by atoms with van der Waals surface area (Å²) in [6.45, 7) is 4.24. The highest BCUT2D eigenvalue weighted by Gasteiger charge is 2.12. The molecule has 1 aliphatic heterocycles. The second-order valence-corrected chi connectivity index (χ2v) is 4.10. The average molecular weight is 205 g/mol. The van der Waals surface area contributed by atoms with Gasteiger partial charge in [-0.15, -0.1) is 0 Å². The summed E-state index contributed by atoms with van der Waals surface area (Å²) in [7, 11) is 1.77. The second-order valence-electron chi connectivity index (χ2n) is 4.10. The van der Waals surface area contributed by atoms with Gasteiger partial charge in [-0.3, -0.25) is 0 Å². The number of ether oxygens (including phenoxy) is 1. The molecule has 15 heavy (non-hydrogen) atoms. The molecule has 0 saturated carbocycles. The molecule has 0 radical (unpaired) electrons. The van der Waals surface area contributed by atoms with Crippen LogP contribution in [0, 0.1) is 0 Å². The Kier molecular flexibility index (Phi) is 3.75. The average Bonchev–Trinajstić information content (AvgIpc) is 2.49. The minimum absolute atomic E-state index is 0.844. The van der Waals surface area contributed by atoms with Gasteiger partial charge in [0.1, 0.15) is 0 Å². The molecule has 0 bridgehead atoms. The number of rotatable bonds is 3. The van der Waals surface area contributed by atoms with Crippen molar-refractivity contribution in [3.8, 4) is 0 Å². The van der Waals surface area contributed by atoms with Gasteiger partial charge in [-0.05, 0) is 24.0 Å². The molecule has 82 valence electrons. The monoisotopic (exact) mass is 205 g/mol. The maximum atomic E-state index is 5.12. The van der Waals surface area contributed by atoms with Crippen LogP contribution >= 0.6 is 0 Å². The molecule has 0 aliphatic carbocycles. The molecule has 0 atom stereocenters. The lowest BCUT2D eigenvalue weighted by molar-refractivity contribution is 0.150. The Morgan fingerprint density at radius 3 is 2.27 bits per heavy atom. The number of nitrogens with zero attached hydrogens (tertiary/aromatic N) is 1. The minimum Gasteiger partial charge on any atom is -0.383 e. The third-order valence-corrected chi connectivity index (χ3v) is 3.12. The van der Waals surface area contributed by atoms with E-state index in [4.69, 9.17) is 4.74 Å². The van der Waals surface area contributed by atoms with Gasteiger partial charge in [0.25, 0.3) is 0 Å². The van der Waals surface area contributed by atoms with Gasteiger partial charge < -0.3 is 9.64 Å². The van der Waals surface area contributed by atoms with E-state index in [1.807, 2.05) is 0 Å². The smallest absolute Gasteiger partial charge is 0.0589 e. The van der Waals surface area contributed by atoms with Crippen LogP contribution in [0.1, 0.15) is 11.1 Å². The zero-order chi connectivity index (χ0) is 10.5. The standard InChI is InChI=1S/C13H19NO/c1-15-11-10-14-8-6-12-4-2-3-5-13(12)7-9-14/h2-5H,6-11H2,1H3. The summed E-state index contributed by atoms with van der Waals surface area (Å²) in [6.07, 6.45) is 2.36. The first kappa shape index (κ1) is 10.7. The molecule has 1 aliphatic rings. The van der Waals surface area contributed by atoms with Gasteiger partial charge in [0, 0.05) is 26.7 Å². The summed E-state index contributed by atoms with van der Waals surface area (Å²) in [4.78, 5) is 2.49. The van der Waals surface area contributed by atoms with Crippen molar-refractivity contribution < 1.29 is 4.74 Å². The van der Waals surface area contributed by atoms with Gasteiger partial charge in [-0.2, -0.15) is 0 Å². The van der Waals surface area contributed by atoms with Gasteiger partial charge in [0.05, 0.1) is 6.61 Å². The quantitative estimate of drug-likeness (QED) is 0.745. The zero-order valence-corrected chi connectivity index (χ0v) is 9.41. The van der Waals surface area contributed by atoms with E-state index in [-0.39, 0.29) is 0 Å². The lowest BCUT2D eigenvalue weighted by Crippen LogP contribution is -2.29. The van der Waals surface area contributed by atoms with Gasteiger partial charge in [0.15, 0.2) is 0 Å².